The van der Waals surface area contributed by atoms with E-state index >= 15 is 0 Å². The zero-order chi connectivity index (χ0) is 14.0. The second-order valence-corrected chi connectivity index (χ2v) is 6.86. The van der Waals surface area contributed by atoms with E-state index in [1.165, 1.54) is 4.88 Å². The normalized spacial score (nSPS) is 22.7. The average Bonchev–Trinajstić information content (AvgIpc) is 2.92. The number of aryl methyl sites for hydroxylation is 1. The van der Waals surface area contributed by atoms with Crippen molar-refractivity contribution >= 4 is 39.1 Å². The summed E-state index contributed by atoms with van der Waals surface area (Å²) in [7, 11) is 0. The minimum atomic E-state index is -0.801. The highest BCUT2D eigenvalue weighted by molar-refractivity contribution is 9.10. The van der Waals surface area contributed by atoms with Crippen LogP contribution in [0.25, 0.3) is 0 Å². The molecule has 0 aromatic carbocycles. The number of carboxylic acids is 1. The fourth-order valence-electron chi connectivity index (χ4n) is 2.37. The Balaban J connectivity index is 1.86. The van der Waals surface area contributed by atoms with Gasteiger partial charge in [0, 0.05) is 34.2 Å². The molecular formula is C13H16BrNO3S. The van der Waals surface area contributed by atoms with Crippen LogP contribution in [0.2, 0.25) is 0 Å². The number of carboxylic acid groups (broad SMARTS) is 1. The van der Waals surface area contributed by atoms with Crippen molar-refractivity contribution in [3.8, 4) is 0 Å². The number of amides is 1. The van der Waals surface area contributed by atoms with Gasteiger partial charge in [0.15, 0.2) is 0 Å². The molecule has 1 aromatic heterocycles. The van der Waals surface area contributed by atoms with Gasteiger partial charge in [0.05, 0.1) is 5.92 Å². The lowest BCUT2D eigenvalue weighted by molar-refractivity contribution is -0.142. The summed E-state index contributed by atoms with van der Waals surface area (Å²) in [6, 6.07) is 2.02. The van der Waals surface area contributed by atoms with Crippen LogP contribution in [0.4, 0.5) is 0 Å². The van der Waals surface area contributed by atoms with Crippen molar-refractivity contribution in [2.24, 2.45) is 11.8 Å². The predicted molar refractivity (Wildman–Crippen MR) is 77.2 cm³/mol. The highest BCUT2D eigenvalue weighted by Gasteiger charge is 2.36. The molecule has 1 N–H and O–H groups in total. The molecule has 104 valence electrons. The van der Waals surface area contributed by atoms with E-state index in [1.807, 2.05) is 18.4 Å². The summed E-state index contributed by atoms with van der Waals surface area (Å²) in [5.74, 6) is -1.12. The van der Waals surface area contributed by atoms with Crippen molar-refractivity contribution in [2.75, 3.05) is 13.1 Å². The number of aliphatic carboxylic acids is 1. The standard InChI is InChI=1S/C13H16BrNO3S/c1-8-5-15(6-11(8)13(17)18)12(16)3-2-10-4-9(14)7-19-10/h4,7-8,11H,2-3,5-6H2,1H3,(H,17,18)/t8-,11-/m1/s1. The van der Waals surface area contributed by atoms with Crippen molar-refractivity contribution in [3.05, 3.63) is 20.8 Å². The number of carbonyl (C=O) groups is 2. The van der Waals surface area contributed by atoms with E-state index in [2.05, 4.69) is 15.9 Å². The molecule has 0 saturated carbocycles. The second-order valence-electron chi connectivity index (χ2n) is 4.95. The minimum Gasteiger partial charge on any atom is -0.481 e. The summed E-state index contributed by atoms with van der Waals surface area (Å²) in [5.41, 5.74) is 0. The quantitative estimate of drug-likeness (QED) is 0.912. The van der Waals surface area contributed by atoms with Crippen LogP contribution >= 0.6 is 27.3 Å². The van der Waals surface area contributed by atoms with Crippen molar-refractivity contribution in [2.45, 2.75) is 19.8 Å². The summed E-state index contributed by atoms with van der Waals surface area (Å²) in [6.45, 7) is 2.80. The molecule has 1 amide bonds. The summed E-state index contributed by atoms with van der Waals surface area (Å²) >= 11 is 5.02. The maximum absolute atomic E-state index is 12.1. The third-order valence-corrected chi connectivity index (χ3v) is 5.25. The Kier molecular flexibility index (Phi) is 4.62. The van der Waals surface area contributed by atoms with Crippen molar-refractivity contribution < 1.29 is 14.7 Å². The SMILES string of the molecule is C[C@@H]1CN(C(=O)CCc2cc(Br)cs2)C[C@H]1C(=O)O. The zero-order valence-electron chi connectivity index (χ0n) is 10.6. The van der Waals surface area contributed by atoms with Crippen LogP contribution in [0.3, 0.4) is 0 Å². The Labute approximate surface area is 124 Å². The van der Waals surface area contributed by atoms with Crippen LogP contribution in [0.1, 0.15) is 18.2 Å². The van der Waals surface area contributed by atoms with Crippen LogP contribution < -0.4 is 0 Å². The molecule has 2 atom stereocenters. The minimum absolute atomic E-state index is 0.0392. The highest BCUT2D eigenvalue weighted by Crippen LogP contribution is 2.25. The monoisotopic (exact) mass is 345 g/mol. The van der Waals surface area contributed by atoms with Crippen LogP contribution in [0.15, 0.2) is 15.9 Å². The van der Waals surface area contributed by atoms with E-state index in [-0.39, 0.29) is 11.8 Å². The van der Waals surface area contributed by atoms with Gasteiger partial charge >= 0.3 is 5.97 Å². The van der Waals surface area contributed by atoms with E-state index in [0.717, 1.165) is 10.9 Å². The molecule has 0 spiro atoms. The molecule has 19 heavy (non-hydrogen) atoms. The summed E-state index contributed by atoms with van der Waals surface area (Å²) in [4.78, 5) is 25.9. The summed E-state index contributed by atoms with van der Waals surface area (Å²) in [5, 5.41) is 11.1. The lowest BCUT2D eigenvalue weighted by atomic mass is 9.99. The molecule has 2 rings (SSSR count). The van der Waals surface area contributed by atoms with Gasteiger partial charge in [-0.2, -0.15) is 0 Å². The number of nitrogens with zero attached hydrogens (tertiary/aromatic N) is 1. The first kappa shape index (κ1) is 14.5. The molecule has 1 aromatic rings. The maximum atomic E-state index is 12.1. The Morgan fingerprint density at radius 2 is 2.26 bits per heavy atom. The predicted octanol–water partition coefficient (Wildman–Crippen LogP) is 2.62. The van der Waals surface area contributed by atoms with Gasteiger partial charge in [-0.15, -0.1) is 11.3 Å². The van der Waals surface area contributed by atoms with Gasteiger partial charge in [0.1, 0.15) is 0 Å². The molecular weight excluding hydrogens is 330 g/mol. The average molecular weight is 346 g/mol. The van der Waals surface area contributed by atoms with Crippen molar-refractivity contribution in [1.82, 2.24) is 4.90 Å². The molecule has 1 fully saturated rings. The molecule has 0 bridgehead atoms. The van der Waals surface area contributed by atoms with E-state index in [1.54, 1.807) is 16.2 Å². The first-order valence-corrected chi connectivity index (χ1v) is 7.88. The van der Waals surface area contributed by atoms with Gasteiger partial charge in [0.2, 0.25) is 5.91 Å². The highest BCUT2D eigenvalue weighted by atomic mass is 79.9. The fourth-order valence-corrected chi connectivity index (χ4v) is 3.82. The molecule has 1 saturated heterocycles. The van der Waals surface area contributed by atoms with Crippen LogP contribution in [-0.4, -0.2) is 35.0 Å². The topological polar surface area (TPSA) is 57.6 Å². The fraction of sp³-hybridized carbons (Fsp3) is 0.538. The molecule has 0 unspecified atom stereocenters. The Morgan fingerprint density at radius 1 is 1.53 bits per heavy atom. The van der Waals surface area contributed by atoms with Crippen molar-refractivity contribution in [3.63, 3.8) is 0 Å². The zero-order valence-corrected chi connectivity index (χ0v) is 13.0. The van der Waals surface area contributed by atoms with Crippen molar-refractivity contribution in [1.29, 1.82) is 0 Å². The van der Waals surface area contributed by atoms with Gasteiger partial charge in [-0.3, -0.25) is 9.59 Å². The lowest BCUT2D eigenvalue weighted by Crippen LogP contribution is -2.30. The first-order valence-electron chi connectivity index (χ1n) is 6.21. The number of halogens is 1. The molecule has 1 aliphatic heterocycles. The Bertz CT molecular complexity index is 488. The van der Waals surface area contributed by atoms with Crippen LogP contribution in [0, 0.1) is 11.8 Å². The van der Waals surface area contributed by atoms with Gasteiger partial charge in [-0.1, -0.05) is 6.92 Å². The van der Waals surface area contributed by atoms with Gasteiger partial charge in [-0.05, 0) is 34.3 Å². The molecule has 1 aliphatic rings. The summed E-state index contributed by atoms with van der Waals surface area (Å²) in [6.07, 6.45) is 1.17. The first-order chi connectivity index (χ1) is 8.97. The third kappa shape index (κ3) is 3.57. The van der Waals surface area contributed by atoms with Crippen LogP contribution in [0.5, 0.6) is 0 Å². The van der Waals surface area contributed by atoms with E-state index in [4.69, 9.17) is 5.11 Å². The second kappa shape index (κ2) is 6.05. The Morgan fingerprint density at radius 3 is 2.79 bits per heavy atom. The number of carbonyl (C=O) groups excluding carboxylic acids is 1. The number of hydrogen-bond donors (Lipinski definition) is 1. The Hall–Kier alpha value is -0.880. The number of likely N-dealkylation sites (tertiary alicyclic amines) is 1. The number of hydrogen-bond acceptors (Lipinski definition) is 3. The molecule has 4 nitrogen and oxygen atoms in total. The molecule has 2 heterocycles. The van der Waals surface area contributed by atoms with Gasteiger partial charge in [0.25, 0.3) is 0 Å². The molecule has 6 heteroatoms. The smallest absolute Gasteiger partial charge is 0.308 e. The van der Waals surface area contributed by atoms with E-state index in [0.29, 0.717) is 19.5 Å². The number of rotatable bonds is 4. The van der Waals surface area contributed by atoms with Gasteiger partial charge in [-0.25, -0.2) is 0 Å². The van der Waals surface area contributed by atoms with E-state index in [9.17, 15) is 9.59 Å². The lowest BCUT2D eigenvalue weighted by Gasteiger charge is -2.15. The largest absolute Gasteiger partial charge is 0.481 e. The maximum Gasteiger partial charge on any atom is 0.308 e. The number of thiophene rings is 1. The van der Waals surface area contributed by atoms with E-state index < -0.39 is 11.9 Å². The molecule has 0 radical (unpaired) electrons. The van der Waals surface area contributed by atoms with Crippen LogP contribution in [-0.2, 0) is 16.0 Å². The van der Waals surface area contributed by atoms with Gasteiger partial charge < -0.3 is 10.0 Å². The summed E-state index contributed by atoms with van der Waals surface area (Å²) < 4.78 is 1.04. The molecule has 0 aliphatic carbocycles. The third-order valence-electron chi connectivity index (χ3n) is 3.49.